The first-order valence-corrected chi connectivity index (χ1v) is 6.33. The smallest absolute Gasteiger partial charge is 0.305 e. The maximum Gasteiger partial charge on any atom is 0.305 e. The molecule has 1 atom stereocenters. The van der Waals surface area contributed by atoms with Crippen LogP contribution in [0.2, 0.25) is 5.02 Å². The number of carbonyl (C=O) groups excluding carboxylic acids is 1. The van der Waals surface area contributed by atoms with Crippen LogP contribution in [0.15, 0.2) is 18.2 Å². The molecule has 1 amide bonds. The second kappa shape index (κ2) is 5.57. The van der Waals surface area contributed by atoms with Crippen molar-refractivity contribution in [1.29, 1.82) is 0 Å². The van der Waals surface area contributed by atoms with Gasteiger partial charge in [-0.1, -0.05) is 17.7 Å². The molecule has 1 fully saturated rings. The number of hydrogen-bond donors (Lipinski definition) is 2. The van der Waals surface area contributed by atoms with Crippen molar-refractivity contribution in [1.82, 2.24) is 5.32 Å². The Balaban J connectivity index is 2.10. The summed E-state index contributed by atoms with van der Waals surface area (Å²) < 4.78 is 13.3. The summed E-state index contributed by atoms with van der Waals surface area (Å²) >= 11 is 5.72. The van der Waals surface area contributed by atoms with Crippen LogP contribution in [-0.4, -0.2) is 23.0 Å². The SMILES string of the molecule is O=C(O)CC(NC(=O)c1cccc(F)c1Cl)C1CC1. The first kappa shape index (κ1) is 13.8. The molecule has 6 heteroatoms. The van der Waals surface area contributed by atoms with E-state index < -0.39 is 23.7 Å². The maximum absolute atomic E-state index is 13.3. The van der Waals surface area contributed by atoms with Crippen molar-refractivity contribution in [3.63, 3.8) is 0 Å². The van der Waals surface area contributed by atoms with Crippen molar-refractivity contribution in [2.24, 2.45) is 5.92 Å². The molecule has 1 saturated carbocycles. The third-order valence-corrected chi connectivity index (χ3v) is 3.48. The third-order valence-electron chi connectivity index (χ3n) is 3.10. The van der Waals surface area contributed by atoms with Gasteiger partial charge in [0.2, 0.25) is 0 Å². The van der Waals surface area contributed by atoms with Gasteiger partial charge in [0, 0.05) is 6.04 Å². The lowest BCUT2D eigenvalue weighted by Gasteiger charge is -2.16. The minimum Gasteiger partial charge on any atom is -0.481 e. The summed E-state index contributed by atoms with van der Waals surface area (Å²) in [4.78, 5) is 22.7. The molecule has 4 nitrogen and oxygen atoms in total. The number of carbonyl (C=O) groups is 2. The topological polar surface area (TPSA) is 66.4 Å². The van der Waals surface area contributed by atoms with Crippen LogP contribution < -0.4 is 5.32 Å². The molecule has 2 rings (SSSR count). The summed E-state index contributed by atoms with van der Waals surface area (Å²) in [6.45, 7) is 0. The van der Waals surface area contributed by atoms with Crippen LogP contribution in [0, 0.1) is 11.7 Å². The lowest BCUT2D eigenvalue weighted by Crippen LogP contribution is -2.38. The molecule has 19 heavy (non-hydrogen) atoms. The zero-order valence-electron chi connectivity index (χ0n) is 10.0. The Kier molecular flexibility index (Phi) is 4.04. The maximum atomic E-state index is 13.3. The standard InChI is InChI=1S/C13H13ClFNO3/c14-12-8(2-1-3-9(12)15)13(19)16-10(6-11(17)18)7-4-5-7/h1-3,7,10H,4-6H2,(H,16,19)(H,17,18). The summed E-state index contributed by atoms with van der Waals surface area (Å²) in [5, 5.41) is 11.2. The molecule has 2 N–H and O–H groups in total. The molecule has 1 aromatic rings. The fraction of sp³-hybridized carbons (Fsp3) is 0.385. The van der Waals surface area contributed by atoms with Gasteiger partial charge >= 0.3 is 5.97 Å². The van der Waals surface area contributed by atoms with Crippen molar-refractivity contribution in [2.45, 2.75) is 25.3 Å². The van der Waals surface area contributed by atoms with E-state index in [4.69, 9.17) is 16.7 Å². The van der Waals surface area contributed by atoms with Crippen LogP contribution >= 0.6 is 11.6 Å². The minimum absolute atomic E-state index is 0.0257. The predicted molar refractivity (Wildman–Crippen MR) is 67.6 cm³/mol. The number of hydrogen-bond acceptors (Lipinski definition) is 2. The van der Waals surface area contributed by atoms with Crippen LogP contribution in [0.4, 0.5) is 4.39 Å². The third kappa shape index (κ3) is 3.44. The van der Waals surface area contributed by atoms with Crippen LogP contribution in [0.3, 0.4) is 0 Å². The van der Waals surface area contributed by atoms with Gasteiger partial charge in [-0.15, -0.1) is 0 Å². The molecule has 1 aromatic carbocycles. The fourth-order valence-corrected chi connectivity index (χ4v) is 2.16. The molecule has 0 radical (unpaired) electrons. The monoisotopic (exact) mass is 285 g/mol. The van der Waals surface area contributed by atoms with Gasteiger partial charge < -0.3 is 10.4 Å². The Labute approximate surface area is 114 Å². The van der Waals surface area contributed by atoms with Crippen molar-refractivity contribution in [3.8, 4) is 0 Å². The largest absolute Gasteiger partial charge is 0.481 e. The van der Waals surface area contributed by atoms with E-state index in [1.807, 2.05) is 0 Å². The molecule has 0 aromatic heterocycles. The van der Waals surface area contributed by atoms with Gasteiger partial charge in [0.05, 0.1) is 17.0 Å². The first-order chi connectivity index (χ1) is 8.99. The molecule has 0 spiro atoms. The van der Waals surface area contributed by atoms with E-state index in [1.165, 1.54) is 12.1 Å². The Hall–Kier alpha value is -1.62. The molecule has 0 aliphatic heterocycles. The van der Waals surface area contributed by atoms with E-state index in [1.54, 1.807) is 0 Å². The summed E-state index contributed by atoms with van der Waals surface area (Å²) in [7, 11) is 0. The van der Waals surface area contributed by atoms with Crippen LogP contribution in [0.1, 0.15) is 29.6 Å². The second-order valence-corrected chi connectivity index (χ2v) is 4.99. The number of halogens is 2. The first-order valence-electron chi connectivity index (χ1n) is 5.95. The molecular formula is C13H13ClFNO3. The summed E-state index contributed by atoms with van der Waals surface area (Å²) in [5.74, 6) is -1.99. The van der Waals surface area contributed by atoms with E-state index in [0.29, 0.717) is 0 Å². The second-order valence-electron chi connectivity index (χ2n) is 4.62. The quantitative estimate of drug-likeness (QED) is 0.873. The normalized spacial score (nSPS) is 15.9. The molecular weight excluding hydrogens is 273 g/mol. The summed E-state index contributed by atoms with van der Waals surface area (Å²) in [6.07, 6.45) is 1.66. The molecule has 0 heterocycles. The average Bonchev–Trinajstić information content (AvgIpc) is 3.15. The molecule has 1 aliphatic carbocycles. The number of aliphatic carboxylic acids is 1. The molecule has 1 unspecified atom stereocenters. The van der Waals surface area contributed by atoms with Gasteiger partial charge in [0.15, 0.2) is 0 Å². The lowest BCUT2D eigenvalue weighted by atomic mass is 10.1. The minimum atomic E-state index is -0.970. The number of carboxylic acids is 1. The number of amides is 1. The van der Waals surface area contributed by atoms with Crippen molar-refractivity contribution in [3.05, 3.63) is 34.6 Å². The zero-order chi connectivity index (χ0) is 14.0. The molecule has 102 valence electrons. The highest BCUT2D eigenvalue weighted by Crippen LogP contribution is 2.34. The number of benzene rings is 1. The van der Waals surface area contributed by atoms with Crippen LogP contribution in [0.25, 0.3) is 0 Å². The molecule has 1 aliphatic rings. The van der Waals surface area contributed by atoms with Gasteiger partial charge in [-0.2, -0.15) is 0 Å². The number of carboxylic acid groups (broad SMARTS) is 1. The zero-order valence-corrected chi connectivity index (χ0v) is 10.8. The Morgan fingerprint density at radius 2 is 2.16 bits per heavy atom. The highest BCUT2D eigenvalue weighted by atomic mass is 35.5. The highest BCUT2D eigenvalue weighted by Gasteiger charge is 2.34. The van der Waals surface area contributed by atoms with Crippen molar-refractivity contribution >= 4 is 23.5 Å². The van der Waals surface area contributed by atoms with E-state index in [2.05, 4.69) is 5.32 Å². The summed E-state index contributed by atoms with van der Waals surface area (Å²) in [6, 6.07) is 3.53. The van der Waals surface area contributed by atoms with Crippen LogP contribution in [0.5, 0.6) is 0 Å². The Morgan fingerprint density at radius 3 is 2.74 bits per heavy atom. The van der Waals surface area contributed by atoms with E-state index >= 15 is 0 Å². The Morgan fingerprint density at radius 1 is 1.47 bits per heavy atom. The van der Waals surface area contributed by atoms with Gasteiger partial charge in [0.1, 0.15) is 5.82 Å². The molecule has 0 bridgehead atoms. The van der Waals surface area contributed by atoms with E-state index in [0.717, 1.165) is 18.9 Å². The number of nitrogens with one attached hydrogen (secondary N) is 1. The van der Waals surface area contributed by atoms with Gasteiger partial charge in [-0.3, -0.25) is 9.59 Å². The number of rotatable bonds is 5. The fourth-order valence-electron chi connectivity index (χ4n) is 1.95. The van der Waals surface area contributed by atoms with Gasteiger partial charge in [0.25, 0.3) is 5.91 Å². The van der Waals surface area contributed by atoms with Gasteiger partial charge in [-0.25, -0.2) is 4.39 Å². The average molecular weight is 286 g/mol. The van der Waals surface area contributed by atoms with E-state index in [9.17, 15) is 14.0 Å². The van der Waals surface area contributed by atoms with E-state index in [-0.39, 0.29) is 22.9 Å². The van der Waals surface area contributed by atoms with Crippen molar-refractivity contribution in [2.75, 3.05) is 0 Å². The molecule has 0 saturated heterocycles. The Bertz CT molecular complexity index is 517. The predicted octanol–water partition coefficient (Wildman–Crippen LogP) is 2.46. The highest BCUT2D eigenvalue weighted by molar-refractivity contribution is 6.34. The van der Waals surface area contributed by atoms with Gasteiger partial charge in [-0.05, 0) is 30.9 Å². The summed E-state index contributed by atoms with van der Waals surface area (Å²) in [5.41, 5.74) is 0.0257. The lowest BCUT2D eigenvalue weighted by molar-refractivity contribution is -0.137. The van der Waals surface area contributed by atoms with Crippen molar-refractivity contribution < 1.29 is 19.1 Å². The van der Waals surface area contributed by atoms with Crippen LogP contribution in [-0.2, 0) is 4.79 Å².